The number of pyridine rings is 2. The van der Waals surface area contributed by atoms with Crippen LogP contribution in [0.3, 0.4) is 0 Å². The third-order valence-corrected chi connectivity index (χ3v) is 23.5. The van der Waals surface area contributed by atoms with E-state index in [-0.39, 0.29) is 13.2 Å². The van der Waals surface area contributed by atoms with Crippen molar-refractivity contribution in [2.45, 2.75) is 12.8 Å². The number of ether oxygens (including phenoxy) is 10. The van der Waals surface area contributed by atoms with Crippen LogP contribution in [0.2, 0.25) is 0 Å². The van der Waals surface area contributed by atoms with E-state index in [1.165, 1.54) is 0 Å². The highest BCUT2D eigenvalue weighted by Crippen LogP contribution is 2.41. The van der Waals surface area contributed by atoms with Gasteiger partial charge >= 0.3 is 0 Å². The molecule has 0 aliphatic rings. The first-order valence-electron chi connectivity index (χ1n) is 46.5. The smallest absolute Gasteiger partial charge is 0.214 e. The molecule has 2 N–H and O–H groups in total. The molecule has 0 aliphatic carbocycles. The van der Waals surface area contributed by atoms with Crippen LogP contribution in [-0.2, 0) is 34.6 Å². The van der Waals surface area contributed by atoms with Crippen LogP contribution in [0.4, 0.5) is 45.5 Å². The summed E-state index contributed by atoms with van der Waals surface area (Å²) in [7, 11) is 23.7. The minimum Gasteiger partial charge on any atom is -0.497 e. The number of nitriles is 1. The predicted octanol–water partition coefficient (Wildman–Crippen LogP) is 17.5. The molecule has 0 saturated heterocycles. The van der Waals surface area contributed by atoms with E-state index in [0.29, 0.717) is 102 Å². The number of aryl methyl sites for hydroxylation is 4. The second-order valence-electron chi connectivity index (χ2n) is 33.1. The van der Waals surface area contributed by atoms with E-state index in [9.17, 15) is 15.5 Å². The van der Waals surface area contributed by atoms with E-state index in [1.54, 1.807) is 171 Å². The summed E-state index contributed by atoms with van der Waals surface area (Å²) in [6.45, 7) is 1.59. The van der Waals surface area contributed by atoms with Crippen LogP contribution in [0.1, 0.15) is 34.5 Å². The summed E-state index contributed by atoms with van der Waals surface area (Å²) < 4.78 is 61.6. The second-order valence-corrected chi connectivity index (χ2v) is 33.1. The highest BCUT2D eigenvalue weighted by atomic mass is 16.5. The summed E-state index contributed by atoms with van der Waals surface area (Å²) in [4.78, 5) is 54.5. The SMILES string of the molecule is COc1cc(OC)cc(N(CC#Cc2cc(C#N)ccn2)c2ccc3ncc(-c4cnn(C)c4)nc3c2)c1.COc1cc(OC)cc(N(CC#Cc2ccnc(OC)c2)c2ccc3ncc(-c4cnn(C)c4)nc3c2)c1.COc1cc(OC)cc(N(CCO)c2ccc3ncc(-c4cnn(C)c4CCCO)nc3c2)c1.COc1cccc(C#CCN(c2cc(OC)cc(OC)c2)c2ccc3ncc(-c4cnn(C)c4)nc3c2)c1. The Bertz CT molecular complexity index is 7860. The zero-order valence-corrected chi connectivity index (χ0v) is 83.9. The summed E-state index contributed by atoms with van der Waals surface area (Å²) in [6, 6.07) is 63.2. The third-order valence-electron chi connectivity index (χ3n) is 23.5. The molecule has 19 aromatic rings. The lowest BCUT2D eigenvalue weighted by molar-refractivity contribution is 0.287. The van der Waals surface area contributed by atoms with Gasteiger partial charge in [-0.2, -0.15) is 25.7 Å². The molecule has 0 aliphatic heterocycles. The first kappa shape index (κ1) is 102. The zero-order chi connectivity index (χ0) is 104. The second kappa shape index (κ2) is 48.5. The summed E-state index contributed by atoms with van der Waals surface area (Å²) in [5, 5.41) is 45.3. The number of hydrogen-bond acceptors (Lipinski definition) is 31. The minimum absolute atomic E-state index is 0.0345. The van der Waals surface area contributed by atoms with Gasteiger partial charge in [-0.3, -0.25) is 38.7 Å². The van der Waals surface area contributed by atoms with E-state index >= 15 is 0 Å². The van der Waals surface area contributed by atoms with Crippen LogP contribution in [0.25, 0.3) is 89.2 Å². The molecule has 0 fully saturated rings. The Labute approximate surface area is 854 Å². The predicted molar refractivity (Wildman–Crippen MR) is 569 cm³/mol. The van der Waals surface area contributed by atoms with Gasteiger partial charge in [0.25, 0.3) is 0 Å². The number of fused-ring (bicyclic) bond motifs is 4. The first-order chi connectivity index (χ1) is 72.2. The van der Waals surface area contributed by atoms with Gasteiger partial charge in [-0.25, -0.2) is 29.9 Å². The summed E-state index contributed by atoms with van der Waals surface area (Å²) in [6.07, 6.45) is 24.5. The van der Waals surface area contributed by atoms with Gasteiger partial charge in [0.15, 0.2) is 0 Å². The first-order valence-corrected chi connectivity index (χ1v) is 46.5. The molecule has 0 atom stereocenters. The number of anilines is 8. The molecule has 0 amide bonds. The molecule has 35 heteroatoms. The number of aromatic nitrogens is 18. The van der Waals surface area contributed by atoms with Crippen molar-refractivity contribution in [1.82, 2.24) is 89.0 Å². The molecule has 10 heterocycles. The lowest BCUT2D eigenvalue weighted by Gasteiger charge is -2.25. The maximum atomic E-state index is 9.76. The van der Waals surface area contributed by atoms with Crippen LogP contribution in [-0.4, -0.2) is 210 Å². The van der Waals surface area contributed by atoms with E-state index in [2.05, 4.69) is 102 Å². The Morgan fingerprint density at radius 3 is 1.05 bits per heavy atom. The standard InChI is InChI=1S/C30H27N5O3.C29H23N7O2.C29H26N6O3.C25H29N5O4/c1-34-20-22(18-32-34)30-19-31-28-11-10-23(16-29(28)33-30)35(24-14-26(37-3)17-27(15-24)38-4)12-6-8-21-7-5-9-25(13-21)36-2;1-35-19-21(17-33-35)29-18-32-27-7-6-23(14-28(27)34-29)36(24-12-25(37-2)15-26(13-24)38-3)10-4-5-22-11-20(16-30)8-9-31-22;1-34-19-21(17-32-34)28-18-31-26-8-7-22(15-27(26)33-28)35(23-13-24(36-2)16-25(14-23)37-3)11-5-6-20-9-10-30-29(12-20)38-4;1-29-25(5-4-9-31)21(15-27-29)24-16-26-22-7-6-17(13-23(22)28-24)30(8-10-32)18-11-19(33-2)14-20(12-18)34-3/h5,7,9-11,13-20H,12H2,1-4H3;6-9,11-15,17-19H,10H2,1-3H3;7-10,12-19H,11H2,1-4H3;6-7,11-16,31-32H,4-5,8-10H2,1-3H3. The number of nitrogens with zero attached hydrogens (tertiary/aromatic N) is 23. The summed E-state index contributed by atoms with van der Waals surface area (Å²) in [5.41, 5.74) is 23.3. The largest absolute Gasteiger partial charge is 0.497 e. The van der Waals surface area contributed by atoms with Crippen LogP contribution >= 0.6 is 0 Å². The Hall–Kier alpha value is -19.2. The Morgan fingerprint density at radius 1 is 0.311 bits per heavy atom. The van der Waals surface area contributed by atoms with Crippen molar-refractivity contribution in [3.8, 4) is 144 Å². The molecule has 744 valence electrons. The van der Waals surface area contributed by atoms with Crippen molar-refractivity contribution < 1.29 is 57.6 Å². The van der Waals surface area contributed by atoms with Crippen molar-refractivity contribution >= 4 is 89.6 Å². The maximum Gasteiger partial charge on any atom is 0.214 e. The van der Waals surface area contributed by atoms with E-state index < -0.39 is 0 Å². The van der Waals surface area contributed by atoms with Gasteiger partial charge in [0.05, 0.1) is 225 Å². The third kappa shape index (κ3) is 25.3. The fourth-order valence-corrected chi connectivity index (χ4v) is 15.9. The Kier molecular flexibility index (Phi) is 33.3. The van der Waals surface area contributed by atoms with Crippen molar-refractivity contribution in [1.29, 1.82) is 5.26 Å². The van der Waals surface area contributed by atoms with Gasteiger partial charge in [-0.05, 0) is 128 Å². The van der Waals surface area contributed by atoms with E-state index in [1.807, 2.05) is 231 Å². The van der Waals surface area contributed by atoms with Crippen molar-refractivity contribution in [3.05, 3.63) is 303 Å². The number of methoxy groups -OCH3 is 10. The zero-order valence-electron chi connectivity index (χ0n) is 83.9. The fourth-order valence-electron chi connectivity index (χ4n) is 15.9. The van der Waals surface area contributed by atoms with Crippen molar-refractivity contribution in [2.75, 3.05) is 130 Å². The van der Waals surface area contributed by atoms with Crippen LogP contribution in [0.5, 0.6) is 57.6 Å². The molecule has 35 nitrogen and oxygen atoms in total. The van der Waals surface area contributed by atoms with Gasteiger partial charge in [0, 0.05) is 236 Å². The molecule has 148 heavy (non-hydrogen) atoms. The van der Waals surface area contributed by atoms with Crippen molar-refractivity contribution in [3.63, 3.8) is 0 Å². The molecule has 0 spiro atoms. The topological polar surface area (TPSA) is 370 Å². The van der Waals surface area contributed by atoms with E-state index in [0.717, 1.165) is 157 Å². The fraction of sp³-hybridized carbons (Fsp3) is 0.195. The van der Waals surface area contributed by atoms with Crippen molar-refractivity contribution in [2.24, 2.45) is 28.2 Å². The number of rotatable bonds is 30. The normalized spacial score (nSPS) is 10.6. The van der Waals surface area contributed by atoms with Gasteiger partial charge in [0.1, 0.15) is 57.4 Å². The van der Waals surface area contributed by atoms with E-state index in [4.69, 9.17) is 67.3 Å². The summed E-state index contributed by atoms with van der Waals surface area (Å²) >= 11 is 0. The average molecular weight is 1980 g/mol. The molecule has 10 aromatic heterocycles. The monoisotopic (exact) mass is 1980 g/mol. The molecule has 0 radical (unpaired) electrons. The highest BCUT2D eigenvalue weighted by Gasteiger charge is 2.23. The molecule has 9 aromatic carbocycles. The van der Waals surface area contributed by atoms with Gasteiger partial charge in [-0.1, -0.05) is 35.7 Å². The lowest BCUT2D eigenvalue weighted by atomic mass is 10.1. The van der Waals surface area contributed by atoms with Gasteiger partial charge in [0.2, 0.25) is 5.88 Å². The minimum atomic E-state index is -0.0345. The van der Waals surface area contributed by atoms with Gasteiger partial charge in [-0.15, -0.1) is 0 Å². The Balaban J connectivity index is 0.000000141. The molecule has 0 bridgehead atoms. The molecule has 0 saturated carbocycles. The molecule has 19 rings (SSSR count). The number of aliphatic hydroxyl groups is 2. The van der Waals surface area contributed by atoms with Crippen LogP contribution < -0.4 is 67.0 Å². The molecule has 0 unspecified atom stereocenters. The molecular weight excluding hydrogens is 1870 g/mol. The Morgan fingerprint density at radius 2 is 0.676 bits per heavy atom. The average Bonchev–Trinajstić information content (AvgIpc) is 1.47. The quantitative estimate of drug-likeness (QED) is 0.0395. The highest BCUT2D eigenvalue weighted by molar-refractivity contribution is 5.88. The lowest BCUT2D eigenvalue weighted by Crippen LogP contribution is -2.21. The number of hydrogen-bond donors (Lipinski definition) is 2. The van der Waals surface area contributed by atoms with Crippen LogP contribution in [0, 0.1) is 46.9 Å². The van der Waals surface area contributed by atoms with Crippen LogP contribution in [0.15, 0.2) is 275 Å². The number of aliphatic hydroxyl groups excluding tert-OH is 2. The maximum absolute atomic E-state index is 9.76. The van der Waals surface area contributed by atoms with Gasteiger partial charge < -0.3 is 77.2 Å². The number of benzene rings is 9. The molecular formula is C113H105N23O12. The summed E-state index contributed by atoms with van der Waals surface area (Å²) in [5.74, 6) is 25.9.